The molecule has 2 atom stereocenters. The van der Waals surface area contributed by atoms with E-state index in [1.165, 1.54) is 0 Å². The monoisotopic (exact) mass is 297 g/mol. The van der Waals surface area contributed by atoms with Crippen LogP contribution in [0.2, 0.25) is 0 Å². The SMILES string of the molecule is NC(=O)CN1CCCN(C(=O)C2CCCC2C(=O)O)CC1. The number of carbonyl (C=O) groups is 3. The molecule has 3 N–H and O–H groups in total. The lowest BCUT2D eigenvalue weighted by atomic mass is 9.94. The highest BCUT2D eigenvalue weighted by Crippen LogP contribution is 2.33. The Kier molecular flexibility index (Phi) is 5.17. The molecule has 2 unspecified atom stereocenters. The summed E-state index contributed by atoms with van der Waals surface area (Å²) in [6, 6.07) is 0. The third kappa shape index (κ3) is 3.93. The lowest BCUT2D eigenvalue weighted by Gasteiger charge is -2.26. The summed E-state index contributed by atoms with van der Waals surface area (Å²) in [5.41, 5.74) is 5.19. The second-order valence-electron chi connectivity index (χ2n) is 5.90. The van der Waals surface area contributed by atoms with E-state index in [9.17, 15) is 19.5 Å². The first-order valence-electron chi connectivity index (χ1n) is 7.51. The van der Waals surface area contributed by atoms with Gasteiger partial charge in [0.05, 0.1) is 18.4 Å². The van der Waals surface area contributed by atoms with Crippen LogP contribution in [0, 0.1) is 11.8 Å². The molecule has 1 heterocycles. The van der Waals surface area contributed by atoms with E-state index >= 15 is 0 Å². The quantitative estimate of drug-likeness (QED) is 0.728. The van der Waals surface area contributed by atoms with Gasteiger partial charge >= 0.3 is 5.97 Å². The van der Waals surface area contributed by atoms with Crippen LogP contribution in [0.4, 0.5) is 0 Å². The van der Waals surface area contributed by atoms with E-state index < -0.39 is 11.9 Å². The molecule has 0 aromatic carbocycles. The Balaban J connectivity index is 1.94. The zero-order valence-corrected chi connectivity index (χ0v) is 12.2. The van der Waals surface area contributed by atoms with E-state index in [0.717, 1.165) is 19.4 Å². The van der Waals surface area contributed by atoms with Gasteiger partial charge < -0.3 is 15.7 Å². The first kappa shape index (κ1) is 15.8. The summed E-state index contributed by atoms with van der Waals surface area (Å²) in [6.07, 6.45) is 2.84. The number of carbonyl (C=O) groups excluding carboxylic acids is 2. The Morgan fingerprint density at radius 3 is 2.38 bits per heavy atom. The molecule has 1 saturated carbocycles. The molecule has 0 bridgehead atoms. The van der Waals surface area contributed by atoms with Crippen molar-refractivity contribution in [2.24, 2.45) is 17.6 Å². The Morgan fingerprint density at radius 1 is 1.00 bits per heavy atom. The molecule has 7 heteroatoms. The molecular weight excluding hydrogens is 274 g/mol. The molecule has 0 spiro atoms. The molecule has 0 radical (unpaired) electrons. The fourth-order valence-electron chi connectivity index (χ4n) is 3.36. The van der Waals surface area contributed by atoms with Crippen LogP contribution in [0.25, 0.3) is 0 Å². The average Bonchev–Trinajstić information content (AvgIpc) is 2.79. The Hall–Kier alpha value is -1.63. The van der Waals surface area contributed by atoms with Gasteiger partial charge in [0.25, 0.3) is 0 Å². The van der Waals surface area contributed by atoms with Gasteiger partial charge in [-0.3, -0.25) is 19.3 Å². The fourth-order valence-corrected chi connectivity index (χ4v) is 3.36. The minimum Gasteiger partial charge on any atom is -0.481 e. The molecule has 2 fully saturated rings. The van der Waals surface area contributed by atoms with Crippen LogP contribution in [-0.2, 0) is 14.4 Å². The highest BCUT2D eigenvalue weighted by molar-refractivity contribution is 5.85. The standard InChI is InChI=1S/C14H23N3O4/c15-12(18)9-16-5-2-6-17(8-7-16)13(19)10-3-1-4-11(10)14(20)21/h10-11H,1-9H2,(H2,15,18)(H,20,21). The summed E-state index contributed by atoms with van der Waals surface area (Å²) >= 11 is 0. The third-order valence-corrected chi connectivity index (χ3v) is 4.43. The molecule has 1 saturated heterocycles. The summed E-state index contributed by atoms with van der Waals surface area (Å²) in [7, 11) is 0. The van der Waals surface area contributed by atoms with Gasteiger partial charge in [-0.2, -0.15) is 0 Å². The highest BCUT2D eigenvalue weighted by Gasteiger charge is 2.39. The van der Waals surface area contributed by atoms with Gasteiger partial charge in [0.1, 0.15) is 0 Å². The van der Waals surface area contributed by atoms with Crippen molar-refractivity contribution >= 4 is 17.8 Å². The number of rotatable bonds is 4. The van der Waals surface area contributed by atoms with Gasteiger partial charge in [0.2, 0.25) is 11.8 Å². The van der Waals surface area contributed by atoms with E-state index in [4.69, 9.17) is 5.73 Å². The minimum absolute atomic E-state index is 0.0409. The first-order valence-corrected chi connectivity index (χ1v) is 7.51. The largest absolute Gasteiger partial charge is 0.481 e. The number of nitrogens with zero attached hydrogens (tertiary/aromatic N) is 2. The van der Waals surface area contributed by atoms with Crippen molar-refractivity contribution in [1.29, 1.82) is 0 Å². The molecule has 0 aromatic rings. The van der Waals surface area contributed by atoms with E-state index in [1.54, 1.807) is 4.90 Å². The van der Waals surface area contributed by atoms with Crippen LogP contribution in [-0.4, -0.2) is 65.4 Å². The zero-order chi connectivity index (χ0) is 15.4. The summed E-state index contributed by atoms with van der Waals surface area (Å²) in [5, 5.41) is 9.20. The molecule has 2 amide bonds. The zero-order valence-electron chi connectivity index (χ0n) is 12.2. The average molecular weight is 297 g/mol. The Bertz CT molecular complexity index is 426. The molecule has 7 nitrogen and oxygen atoms in total. The molecule has 21 heavy (non-hydrogen) atoms. The Labute approximate surface area is 124 Å². The smallest absolute Gasteiger partial charge is 0.307 e. The maximum absolute atomic E-state index is 12.5. The van der Waals surface area contributed by atoms with Crippen molar-refractivity contribution in [2.75, 3.05) is 32.7 Å². The number of hydrogen-bond acceptors (Lipinski definition) is 4. The topological polar surface area (TPSA) is 104 Å². The molecule has 0 aromatic heterocycles. The van der Waals surface area contributed by atoms with Crippen molar-refractivity contribution in [3.63, 3.8) is 0 Å². The molecule has 118 valence electrons. The van der Waals surface area contributed by atoms with Crippen molar-refractivity contribution in [2.45, 2.75) is 25.7 Å². The van der Waals surface area contributed by atoms with E-state index in [2.05, 4.69) is 0 Å². The minimum atomic E-state index is -0.865. The van der Waals surface area contributed by atoms with E-state index in [0.29, 0.717) is 32.5 Å². The van der Waals surface area contributed by atoms with Gasteiger partial charge in [0, 0.05) is 26.2 Å². The lowest BCUT2D eigenvalue weighted by molar-refractivity contribution is -0.149. The van der Waals surface area contributed by atoms with Crippen LogP contribution in [0.15, 0.2) is 0 Å². The summed E-state index contributed by atoms with van der Waals surface area (Å²) in [5.74, 6) is -2.19. The molecule has 2 rings (SSSR count). The van der Waals surface area contributed by atoms with Gasteiger partial charge in [-0.1, -0.05) is 6.42 Å². The van der Waals surface area contributed by atoms with Crippen LogP contribution in [0.1, 0.15) is 25.7 Å². The van der Waals surface area contributed by atoms with Crippen molar-refractivity contribution in [1.82, 2.24) is 9.80 Å². The number of primary amides is 1. The number of aliphatic carboxylic acids is 1. The van der Waals surface area contributed by atoms with Crippen LogP contribution in [0.5, 0.6) is 0 Å². The van der Waals surface area contributed by atoms with Crippen molar-refractivity contribution in [3.05, 3.63) is 0 Å². The summed E-state index contributed by atoms with van der Waals surface area (Å²) < 4.78 is 0. The summed E-state index contributed by atoms with van der Waals surface area (Å²) in [6.45, 7) is 2.72. The number of carboxylic acids is 1. The molecule has 1 aliphatic carbocycles. The lowest BCUT2D eigenvalue weighted by Crippen LogP contribution is -2.42. The van der Waals surface area contributed by atoms with Crippen LogP contribution < -0.4 is 5.73 Å². The van der Waals surface area contributed by atoms with Crippen LogP contribution in [0.3, 0.4) is 0 Å². The fraction of sp³-hybridized carbons (Fsp3) is 0.786. The normalized spacial score (nSPS) is 27.3. The maximum Gasteiger partial charge on any atom is 0.307 e. The van der Waals surface area contributed by atoms with Crippen molar-refractivity contribution in [3.8, 4) is 0 Å². The maximum atomic E-state index is 12.5. The Morgan fingerprint density at radius 2 is 1.71 bits per heavy atom. The second-order valence-corrected chi connectivity index (χ2v) is 5.90. The highest BCUT2D eigenvalue weighted by atomic mass is 16.4. The number of carboxylic acid groups (broad SMARTS) is 1. The number of hydrogen-bond donors (Lipinski definition) is 2. The molecule has 1 aliphatic heterocycles. The van der Waals surface area contributed by atoms with Crippen LogP contribution >= 0.6 is 0 Å². The number of nitrogens with two attached hydrogens (primary N) is 1. The third-order valence-electron chi connectivity index (χ3n) is 4.43. The molecular formula is C14H23N3O4. The van der Waals surface area contributed by atoms with Gasteiger partial charge in [-0.15, -0.1) is 0 Å². The number of amides is 2. The second kappa shape index (κ2) is 6.89. The predicted octanol–water partition coefficient (Wildman–Crippen LogP) is -0.493. The first-order chi connectivity index (χ1) is 9.99. The summed E-state index contributed by atoms with van der Waals surface area (Å²) in [4.78, 5) is 38.4. The van der Waals surface area contributed by atoms with Gasteiger partial charge in [0.15, 0.2) is 0 Å². The van der Waals surface area contributed by atoms with Gasteiger partial charge in [-0.25, -0.2) is 0 Å². The van der Waals surface area contributed by atoms with E-state index in [-0.39, 0.29) is 24.3 Å². The van der Waals surface area contributed by atoms with Crippen molar-refractivity contribution < 1.29 is 19.5 Å². The molecule has 2 aliphatic rings. The predicted molar refractivity (Wildman–Crippen MR) is 75.3 cm³/mol. The van der Waals surface area contributed by atoms with Gasteiger partial charge in [-0.05, 0) is 19.3 Å². The van der Waals surface area contributed by atoms with E-state index in [1.807, 2.05) is 4.90 Å².